The van der Waals surface area contributed by atoms with E-state index in [0.29, 0.717) is 0 Å². The third-order valence-electron chi connectivity index (χ3n) is 3.07. The van der Waals surface area contributed by atoms with Crippen LogP contribution in [0.1, 0.15) is 43.7 Å². The van der Waals surface area contributed by atoms with E-state index in [-0.39, 0.29) is 6.04 Å². The second-order valence-corrected chi connectivity index (χ2v) is 5.28. The Morgan fingerprint density at radius 2 is 2.11 bits per heavy atom. The largest absolute Gasteiger partial charge is 0.493 e. The third kappa shape index (κ3) is 6.44. The maximum Gasteiger partial charge on any atom is 0.122 e. The number of allylic oxidation sites excluding steroid dienone is 1. The van der Waals surface area contributed by atoms with Crippen LogP contribution in [0.2, 0.25) is 0 Å². The van der Waals surface area contributed by atoms with E-state index in [4.69, 9.17) is 10.5 Å². The molecule has 1 aromatic rings. The SMILES string of the molecule is C=CCCCCCOc1ccc(C)cc1CC(C)N. The molecule has 0 amide bonds. The highest BCUT2D eigenvalue weighted by molar-refractivity contribution is 5.37. The van der Waals surface area contributed by atoms with Gasteiger partial charge in [0.25, 0.3) is 0 Å². The molecule has 1 aromatic carbocycles. The average molecular weight is 261 g/mol. The van der Waals surface area contributed by atoms with Crippen LogP contribution in [0.25, 0.3) is 0 Å². The maximum atomic E-state index is 5.89. The Morgan fingerprint density at radius 3 is 2.79 bits per heavy atom. The van der Waals surface area contributed by atoms with Gasteiger partial charge in [-0.15, -0.1) is 6.58 Å². The lowest BCUT2D eigenvalue weighted by Gasteiger charge is -2.14. The maximum absolute atomic E-state index is 5.89. The van der Waals surface area contributed by atoms with E-state index in [1.54, 1.807) is 0 Å². The second-order valence-electron chi connectivity index (χ2n) is 5.28. The molecule has 0 saturated heterocycles. The van der Waals surface area contributed by atoms with Gasteiger partial charge in [0.2, 0.25) is 0 Å². The van der Waals surface area contributed by atoms with E-state index >= 15 is 0 Å². The highest BCUT2D eigenvalue weighted by Gasteiger charge is 2.06. The van der Waals surface area contributed by atoms with Gasteiger partial charge in [0.1, 0.15) is 5.75 Å². The number of aryl methyl sites for hydroxylation is 1. The van der Waals surface area contributed by atoms with Gasteiger partial charge >= 0.3 is 0 Å². The first-order valence-electron chi connectivity index (χ1n) is 7.22. The topological polar surface area (TPSA) is 35.2 Å². The van der Waals surface area contributed by atoms with Crippen LogP contribution in [0.3, 0.4) is 0 Å². The first-order chi connectivity index (χ1) is 9.13. The predicted molar refractivity (Wildman–Crippen MR) is 82.7 cm³/mol. The molecule has 1 atom stereocenters. The highest BCUT2D eigenvalue weighted by Crippen LogP contribution is 2.21. The summed E-state index contributed by atoms with van der Waals surface area (Å²) in [6.07, 6.45) is 7.43. The quantitative estimate of drug-likeness (QED) is 0.538. The number of rotatable bonds is 9. The van der Waals surface area contributed by atoms with Crippen LogP contribution in [0.15, 0.2) is 30.9 Å². The summed E-state index contributed by atoms with van der Waals surface area (Å²) < 4.78 is 5.89. The number of nitrogens with two attached hydrogens (primary N) is 1. The summed E-state index contributed by atoms with van der Waals surface area (Å²) in [4.78, 5) is 0. The number of hydrogen-bond acceptors (Lipinski definition) is 2. The molecule has 0 heterocycles. The molecule has 0 aliphatic rings. The van der Waals surface area contributed by atoms with Crippen molar-refractivity contribution >= 4 is 0 Å². The summed E-state index contributed by atoms with van der Waals surface area (Å²) >= 11 is 0. The number of hydrogen-bond donors (Lipinski definition) is 1. The number of ether oxygens (including phenoxy) is 1. The molecular weight excluding hydrogens is 234 g/mol. The Balaban J connectivity index is 2.45. The standard InChI is InChI=1S/C17H27NO/c1-4-5-6-7-8-11-19-17-10-9-14(2)12-16(17)13-15(3)18/h4,9-10,12,15H,1,5-8,11,13,18H2,2-3H3. The van der Waals surface area contributed by atoms with Crippen LogP contribution >= 0.6 is 0 Å². The first-order valence-corrected chi connectivity index (χ1v) is 7.22. The van der Waals surface area contributed by atoms with Crippen molar-refractivity contribution in [1.82, 2.24) is 0 Å². The van der Waals surface area contributed by atoms with E-state index in [0.717, 1.165) is 31.6 Å². The van der Waals surface area contributed by atoms with Crippen molar-refractivity contribution in [2.24, 2.45) is 5.73 Å². The number of benzene rings is 1. The zero-order chi connectivity index (χ0) is 14.1. The van der Waals surface area contributed by atoms with Gasteiger partial charge in [0, 0.05) is 6.04 Å². The highest BCUT2D eigenvalue weighted by atomic mass is 16.5. The lowest BCUT2D eigenvalue weighted by Crippen LogP contribution is -2.18. The molecule has 106 valence electrons. The average Bonchev–Trinajstić information content (AvgIpc) is 2.35. The lowest BCUT2D eigenvalue weighted by atomic mass is 10.0. The van der Waals surface area contributed by atoms with Crippen molar-refractivity contribution in [3.8, 4) is 5.75 Å². The fraction of sp³-hybridized carbons (Fsp3) is 0.529. The van der Waals surface area contributed by atoms with Crippen LogP contribution in [0.5, 0.6) is 5.75 Å². The smallest absolute Gasteiger partial charge is 0.122 e. The predicted octanol–water partition coefficient (Wildman–Crippen LogP) is 4.01. The summed E-state index contributed by atoms with van der Waals surface area (Å²) in [6, 6.07) is 6.50. The zero-order valence-corrected chi connectivity index (χ0v) is 12.3. The molecule has 0 spiro atoms. The Hall–Kier alpha value is -1.28. The Kier molecular flexibility index (Phi) is 7.27. The fourth-order valence-electron chi connectivity index (χ4n) is 2.11. The lowest BCUT2D eigenvalue weighted by molar-refractivity contribution is 0.302. The van der Waals surface area contributed by atoms with E-state index in [1.807, 2.05) is 13.0 Å². The van der Waals surface area contributed by atoms with Crippen molar-refractivity contribution in [1.29, 1.82) is 0 Å². The van der Waals surface area contributed by atoms with Gasteiger partial charge < -0.3 is 10.5 Å². The van der Waals surface area contributed by atoms with Crippen molar-refractivity contribution in [2.45, 2.75) is 52.0 Å². The molecule has 2 heteroatoms. The second kappa shape index (κ2) is 8.76. The molecule has 0 aliphatic carbocycles. The van der Waals surface area contributed by atoms with Crippen LogP contribution in [0.4, 0.5) is 0 Å². The molecular formula is C17H27NO. The van der Waals surface area contributed by atoms with Gasteiger partial charge in [-0.2, -0.15) is 0 Å². The Bertz CT molecular complexity index is 385. The molecule has 1 rings (SSSR count). The molecule has 1 unspecified atom stereocenters. The summed E-state index contributed by atoms with van der Waals surface area (Å²) in [7, 11) is 0. The van der Waals surface area contributed by atoms with Crippen LogP contribution in [-0.2, 0) is 6.42 Å². The molecule has 0 saturated carbocycles. The van der Waals surface area contributed by atoms with E-state index in [2.05, 4.69) is 31.7 Å². The molecule has 2 N–H and O–H groups in total. The Morgan fingerprint density at radius 1 is 1.32 bits per heavy atom. The fourth-order valence-corrected chi connectivity index (χ4v) is 2.11. The van der Waals surface area contributed by atoms with E-state index < -0.39 is 0 Å². The van der Waals surface area contributed by atoms with Gasteiger partial charge in [0.15, 0.2) is 0 Å². The van der Waals surface area contributed by atoms with Crippen molar-refractivity contribution in [2.75, 3.05) is 6.61 Å². The van der Waals surface area contributed by atoms with Crippen molar-refractivity contribution in [3.63, 3.8) is 0 Å². The van der Waals surface area contributed by atoms with E-state index in [1.165, 1.54) is 24.0 Å². The van der Waals surface area contributed by atoms with Gasteiger partial charge in [0.05, 0.1) is 6.61 Å². The van der Waals surface area contributed by atoms with Crippen molar-refractivity contribution in [3.05, 3.63) is 42.0 Å². The zero-order valence-electron chi connectivity index (χ0n) is 12.3. The normalized spacial score (nSPS) is 12.2. The van der Waals surface area contributed by atoms with Crippen LogP contribution in [-0.4, -0.2) is 12.6 Å². The summed E-state index contributed by atoms with van der Waals surface area (Å²) in [5.41, 5.74) is 8.37. The van der Waals surface area contributed by atoms with Gasteiger partial charge in [-0.1, -0.05) is 23.8 Å². The summed E-state index contributed by atoms with van der Waals surface area (Å²) in [5.74, 6) is 0.992. The van der Waals surface area contributed by atoms with E-state index in [9.17, 15) is 0 Å². The minimum atomic E-state index is 0.164. The van der Waals surface area contributed by atoms with Gasteiger partial charge in [-0.3, -0.25) is 0 Å². The summed E-state index contributed by atoms with van der Waals surface area (Å²) in [5, 5.41) is 0. The molecule has 19 heavy (non-hydrogen) atoms. The van der Waals surface area contributed by atoms with Crippen molar-refractivity contribution < 1.29 is 4.74 Å². The monoisotopic (exact) mass is 261 g/mol. The molecule has 2 nitrogen and oxygen atoms in total. The first kappa shape index (κ1) is 15.8. The third-order valence-corrected chi connectivity index (χ3v) is 3.07. The molecule has 0 fully saturated rings. The van der Waals surface area contributed by atoms with Gasteiger partial charge in [-0.25, -0.2) is 0 Å². The molecule has 0 aromatic heterocycles. The molecule has 0 bridgehead atoms. The molecule has 0 radical (unpaired) electrons. The summed E-state index contributed by atoms with van der Waals surface area (Å²) in [6.45, 7) is 8.64. The number of unbranched alkanes of at least 4 members (excludes halogenated alkanes) is 3. The van der Waals surface area contributed by atoms with Crippen LogP contribution < -0.4 is 10.5 Å². The minimum Gasteiger partial charge on any atom is -0.493 e. The van der Waals surface area contributed by atoms with Crippen LogP contribution in [0, 0.1) is 6.92 Å². The van der Waals surface area contributed by atoms with Gasteiger partial charge in [-0.05, 0) is 57.6 Å². The molecule has 0 aliphatic heterocycles. The minimum absolute atomic E-state index is 0.164. The Labute approximate surface area is 117 Å².